The number of carbonyl (C=O) groups excluding carboxylic acids is 1. The van der Waals surface area contributed by atoms with E-state index in [1.54, 1.807) is 24.3 Å². The Balaban J connectivity index is 2.67. The summed E-state index contributed by atoms with van der Waals surface area (Å²) in [5.74, 6) is -2.82. The summed E-state index contributed by atoms with van der Waals surface area (Å²) in [5.41, 5.74) is 1.36. The number of hydrogen-bond acceptors (Lipinski definition) is 3. The molecule has 88 valence electrons. The summed E-state index contributed by atoms with van der Waals surface area (Å²) in [6.07, 6.45) is 0.305. The molecule has 1 aromatic carbocycles. The van der Waals surface area contributed by atoms with E-state index in [0.29, 0.717) is 12.1 Å². The van der Waals surface area contributed by atoms with Gasteiger partial charge in [-0.1, -0.05) is 12.1 Å². The van der Waals surface area contributed by atoms with Crippen molar-refractivity contribution in [1.29, 1.82) is 5.26 Å². The lowest BCUT2D eigenvalue weighted by atomic mass is 10.1. The predicted molar refractivity (Wildman–Crippen MR) is 61.2 cm³/mol. The molecule has 0 aliphatic carbocycles. The van der Waals surface area contributed by atoms with Gasteiger partial charge in [-0.2, -0.15) is 5.26 Å². The van der Waals surface area contributed by atoms with Gasteiger partial charge in [0.1, 0.15) is 5.92 Å². The van der Waals surface area contributed by atoms with Crippen molar-refractivity contribution in [3.63, 3.8) is 0 Å². The third-order valence-electron chi connectivity index (χ3n) is 2.27. The Morgan fingerprint density at radius 1 is 1.41 bits per heavy atom. The van der Waals surface area contributed by atoms with Crippen molar-refractivity contribution in [2.24, 2.45) is 5.92 Å². The summed E-state index contributed by atoms with van der Waals surface area (Å²) in [6, 6.07) is 8.71. The first-order chi connectivity index (χ1) is 8.04. The van der Waals surface area contributed by atoms with Crippen LogP contribution < -0.4 is 5.32 Å². The molecule has 17 heavy (non-hydrogen) atoms. The molecule has 1 aromatic rings. The van der Waals surface area contributed by atoms with Crippen molar-refractivity contribution >= 4 is 17.6 Å². The van der Waals surface area contributed by atoms with Crippen LogP contribution in [-0.4, -0.2) is 17.0 Å². The van der Waals surface area contributed by atoms with Crippen molar-refractivity contribution in [3.8, 4) is 6.07 Å². The van der Waals surface area contributed by atoms with Gasteiger partial charge < -0.3 is 10.4 Å². The zero-order valence-electron chi connectivity index (χ0n) is 9.30. The number of nitrogens with zero attached hydrogens (tertiary/aromatic N) is 1. The second-order valence-electron chi connectivity index (χ2n) is 3.58. The highest BCUT2D eigenvalue weighted by molar-refractivity contribution is 6.03. The average molecular weight is 232 g/mol. The number of nitrogens with one attached hydrogen (secondary N) is 1. The van der Waals surface area contributed by atoms with E-state index in [1.807, 2.05) is 6.07 Å². The van der Waals surface area contributed by atoms with Crippen LogP contribution in [-0.2, 0) is 16.0 Å². The summed E-state index contributed by atoms with van der Waals surface area (Å²) in [4.78, 5) is 22.0. The number of carboxylic acids is 1. The molecule has 1 amide bonds. The number of carboxylic acid groups (broad SMARTS) is 1. The van der Waals surface area contributed by atoms with Crippen LogP contribution >= 0.6 is 0 Å². The highest BCUT2D eigenvalue weighted by atomic mass is 16.4. The van der Waals surface area contributed by atoms with Crippen LogP contribution in [0.2, 0.25) is 0 Å². The summed E-state index contributed by atoms with van der Waals surface area (Å²) < 4.78 is 0. The van der Waals surface area contributed by atoms with Gasteiger partial charge in [0.05, 0.1) is 12.5 Å². The summed E-state index contributed by atoms with van der Waals surface area (Å²) in [6.45, 7) is 1.32. The van der Waals surface area contributed by atoms with E-state index in [1.165, 1.54) is 6.92 Å². The Morgan fingerprint density at radius 2 is 2.00 bits per heavy atom. The van der Waals surface area contributed by atoms with Crippen molar-refractivity contribution in [2.75, 3.05) is 5.32 Å². The van der Waals surface area contributed by atoms with Crippen LogP contribution in [0.1, 0.15) is 12.5 Å². The van der Waals surface area contributed by atoms with Gasteiger partial charge in [0, 0.05) is 5.69 Å². The number of amides is 1. The maximum atomic E-state index is 11.4. The molecule has 0 saturated heterocycles. The Hall–Kier alpha value is -2.35. The molecule has 1 atom stereocenters. The van der Waals surface area contributed by atoms with Crippen LogP contribution in [0, 0.1) is 17.2 Å². The van der Waals surface area contributed by atoms with Crippen molar-refractivity contribution in [2.45, 2.75) is 13.3 Å². The Morgan fingerprint density at radius 3 is 2.47 bits per heavy atom. The van der Waals surface area contributed by atoms with Crippen LogP contribution in [0.25, 0.3) is 0 Å². The molecule has 0 fully saturated rings. The van der Waals surface area contributed by atoms with E-state index in [0.717, 1.165) is 5.56 Å². The number of hydrogen-bond donors (Lipinski definition) is 2. The maximum Gasteiger partial charge on any atom is 0.315 e. The molecule has 0 radical (unpaired) electrons. The van der Waals surface area contributed by atoms with Gasteiger partial charge in [-0.05, 0) is 24.6 Å². The zero-order valence-corrected chi connectivity index (χ0v) is 9.30. The Bertz CT molecular complexity index is 460. The standard InChI is InChI=1S/C12H12N2O3/c1-8(12(16)17)11(15)14-10-4-2-9(3-5-10)6-7-13/h2-5,8H,6H2,1H3,(H,14,15)(H,16,17). The average Bonchev–Trinajstić information content (AvgIpc) is 2.30. The smallest absolute Gasteiger partial charge is 0.315 e. The normalized spacial score (nSPS) is 11.3. The van der Waals surface area contributed by atoms with Gasteiger partial charge in [-0.25, -0.2) is 0 Å². The molecule has 0 saturated carbocycles. The van der Waals surface area contributed by atoms with E-state index in [4.69, 9.17) is 10.4 Å². The summed E-state index contributed by atoms with van der Waals surface area (Å²) >= 11 is 0. The van der Waals surface area contributed by atoms with Gasteiger partial charge in [-0.3, -0.25) is 9.59 Å². The fourth-order valence-electron chi connectivity index (χ4n) is 1.16. The number of carbonyl (C=O) groups is 2. The Kier molecular flexibility index (Phi) is 4.23. The van der Waals surface area contributed by atoms with E-state index in [-0.39, 0.29) is 0 Å². The van der Waals surface area contributed by atoms with Crippen LogP contribution in [0.3, 0.4) is 0 Å². The largest absolute Gasteiger partial charge is 0.481 e. The lowest BCUT2D eigenvalue weighted by Crippen LogP contribution is -2.26. The minimum absolute atomic E-state index is 0.305. The third kappa shape index (κ3) is 3.61. The van der Waals surface area contributed by atoms with Crippen molar-refractivity contribution in [1.82, 2.24) is 0 Å². The number of benzene rings is 1. The topological polar surface area (TPSA) is 90.2 Å². The third-order valence-corrected chi connectivity index (χ3v) is 2.27. The zero-order chi connectivity index (χ0) is 12.8. The monoisotopic (exact) mass is 232 g/mol. The predicted octanol–water partition coefficient (Wildman–Crippen LogP) is 1.41. The molecule has 0 aliphatic heterocycles. The van der Waals surface area contributed by atoms with E-state index in [9.17, 15) is 9.59 Å². The first kappa shape index (κ1) is 12.7. The van der Waals surface area contributed by atoms with Crippen LogP contribution in [0.15, 0.2) is 24.3 Å². The van der Waals surface area contributed by atoms with Crippen LogP contribution in [0.4, 0.5) is 5.69 Å². The lowest BCUT2D eigenvalue weighted by molar-refractivity contribution is -0.144. The molecule has 0 spiro atoms. The number of anilines is 1. The second kappa shape index (κ2) is 5.66. The summed E-state index contributed by atoms with van der Waals surface area (Å²) in [5, 5.41) is 19.6. The van der Waals surface area contributed by atoms with Crippen LogP contribution in [0.5, 0.6) is 0 Å². The van der Waals surface area contributed by atoms with Crippen molar-refractivity contribution in [3.05, 3.63) is 29.8 Å². The second-order valence-corrected chi connectivity index (χ2v) is 3.58. The molecule has 0 heterocycles. The molecular weight excluding hydrogens is 220 g/mol. The van der Waals surface area contributed by atoms with Gasteiger partial charge in [0.25, 0.3) is 0 Å². The fourth-order valence-corrected chi connectivity index (χ4v) is 1.16. The molecule has 1 rings (SSSR count). The molecule has 0 aliphatic rings. The molecule has 1 unspecified atom stereocenters. The SMILES string of the molecule is CC(C(=O)O)C(=O)Nc1ccc(CC#N)cc1. The highest BCUT2D eigenvalue weighted by Gasteiger charge is 2.20. The van der Waals surface area contributed by atoms with E-state index >= 15 is 0 Å². The van der Waals surface area contributed by atoms with E-state index < -0.39 is 17.8 Å². The molecule has 5 heteroatoms. The number of aliphatic carboxylic acids is 1. The number of nitriles is 1. The van der Waals surface area contributed by atoms with Gasteiger partial charge in [0.15, 0.2) is 0 Å². The maximum absolute atomic E-state index is 11.4. The fraction of sp³-hybridized carbons (Fsp3) is 0.250. The lowest BCUT2D eigenvalue weighted by Gasteiger charge is -2.08. The molecular formula is C12H12N2O3. The minimum Gasteiger partial charge on any atom is -0.481 e. The summed E-state index contributed by atoms with van der Waals surface area (Å²) in [7, 11) is 0. The molecule has 0 aromatic heterocycles. The van der Waals surface area contributed by atoms with E-state index in [2.05, 4.69) is 5.32 Å². The first-order valence-corrected chi connectivity index (χ1v) is 5.04. The number of rotatable bonds is 4. The van der Waals surface area contributed by atoms with Gasteiger partial charge in [0.2, 0.25) is 5.91 Å². The first-order valence-electron chi connectivity index (χ1n) is 5.04. The quantitative estimate of drug-likeness (QED) is 0.768. The van der Waals surface area contributed by atoms with Gasteiger partial charge >= 0.3 is 5.97 Å². The molecule has 5 nitrogen and oxygen atoms in total. The van der Waals surface area contributed by atoms with Crippen molar-refractivity contribution < 1.29 is 14.7 Å². The molecule has 2 N–H and O–H groups in total. The minimum atomic E-state index is -1.16. The van der Waals surface area contributed by atoms with Gasteiger partial charge in [-0.15, -0.1) is 0 Å². The molecule has 0 bridgehead atoms. The highest BCUT2D eigenvalue weighted by Crippen LogP contribution is 2.11. The Labute approximate surface area is 98.7 Å².